The molecule has 14 heavy (non-hydrogen) atoms. The van der Waals surface area contributed by atoms with E-state index < -0.39 is 0 Å². The Bertz CT molecular complexity index is 241. The van der Waals surface area contributed by atoms with Crippen LogP contribution in [0.25, 0.3) is 0 Å². The molecule has 0 aliphatic carbocycles. The number of halogens is 2. The number of rotatable bonds is 6. The minimum atomic E-state index is 0.439. The lowest BCUT2D eigenvalue weighted by Gasteiger charge is -2.09. The Morgan fingerprint density at radius 1 is 1.50 bits per heavy atom. The Labute approximate surface area is 102 Å². The molecule has 0 radical (unpaired) electrons. The Morgan fingerprint density at radius 3 is 2.50 bits per heavy atom. The molecule has 80 valence electrons. The molecule has 0 saturated heterocycles. The number of hydrogen-bond acceptors (Lipinski definition) is 2. The molecule has 2 nitrogen and oxygen atoms in total. The summed E-state index contributed by atoms with van der Waals surface area (Å²) in [6.45, 7) is 4.50. The van der Waals surface area contributed by atoms with Crippen LogP contribution in [0.3, 0.4) is 0 Å². The number of carbonyl (C=O) groups is 1. The van der Waals surface area contributed by atoms with Gasteiger partial charge in [-0.05, 0) is 24.2 Å². The molecule has 0 aromatic carbocycles. The Hall–Kier alpha value is -0.0900. The van der Waals surface area contributed by atoms with Crippen LogP contribution >= 0.6 is 31.9 Å². The quantitative estimate of drug-likeness (QED) is 0.414. The van der Waals surface area contributed by atoms with E-state index in [2.05, 4.69) is 38.8 Å². The van der Waals surface area contributed by atoms with Crippen LogP contribution in [0.2, 0.25) is 0 Å². The zero-order valence-corrected chi connectivity index (χ0v) is 11.5. The summed E-state index contributed by atoms with van der Waals surface area (Å²) in [6.07, 6.45) is 3.09. The number of unbranched alkanes of at least 4 members (excludes halogenated alkanes) is 1. The van der Waals surface area contributed by atoms with Crippen molar-refractivity contribution in [3.05, 3.63) is 20.8 Å². The number of hydrogen-bond donors (Lipinski definition) is 0. The van der Waals surface area contributed by atoms with Gasteiger partial charge in [-0.2, -0.15) is 0 Å². The smallest absolute Gasteiger partial charge is 0.298 e. The van der Waals surface area contributed by atoms with E-state index in [4.69, 9.17) is 4.74 Å². The standard InChI is InChI=1S/C10H14Br2O2/c1-3-4-5-9(8(2)12)10(6-11)14-7-13/h6-7H,3-5H2,1-2H3/b9-8+,10-6-. The van der Waals surface area contributed by atoms with Gasteiger partial charge in [0, 0.05) is 10.6 Å². The highest BCUT2D eigenvalue weighted by atomic mass is 79.9. The molecular formula is C10H14Br2O2. The summed E-state index contributed by atoms with van der Waals surface area (Å²) in [5.41, 5.74) is 1.02. The molecule has 4 heteroatoms. The molecule has 0 spiro atoms. The number of ether oxygens (including phenoxy) is 1. The molecule has 0 atom stereocenters. The summed E-state index contributed by atoms with van der Waals surface area (Å²) in [6, 6.07) is 0. The average molecular weight is 326 g/mol. The first-order valence-corrected chi connectivity index (χ1v) is 6.14. The minimum absolute atomic E-state index is 0.439. The van der Waals surface area contributed by atoms with E-state index in [9.17, 15) is 4.79 Å². The van der Waals surface area contributed by atoms with Crippen LogP contribution in [0.5, 0.6) is 0 Å². The van der Waals surface area contributed by atoms with Crippen molar-refractivity contribution >= 4 is 38.3 Å². The maximum absolute atomic E-state index is 10.3. The van der Waals surface area contributed by atoms with E-state index in [1.54, 1.807) is 4.99 Å². The Morgan fingerprint density at radius 2 is 2.14 bits per heavy atom. The lowest BCUT2D eigenvalue weighted by atomic mass is 10.1. The second kappa shape index (κ2) is 8.24. The van der Waals surface area contributed by atoms with Gasteiger partial charge in [0.25, 0.3) is 6.47 Å². The van der Waals surface area contributed by atoms with Crippen molar-refractivity contribution in [1.29, 1.82) is 0 Å². The van der Waals surface area contributed by atoms with Crippen molar-refractivity contribution < 1.29 is 9.53 Å². The zero-order valence-electron chi connectivity index (χ0n) is 8.35. The van der Waals surface area contributed by atoms with E-state index >= 15 is 0 Å². The molecule has 0 heterocycles. The second-order valence-corrected chi connectivity index (χ2v) is 4.45. The van der Waals surface area contributed by atoms with E-state index in [0.29, 0.717) is 12.2 Å². The van der Waals surface area contributed by atoms with Crippen molar-refractivity contribution in [3.63, 3.8) is 0 Å². The van der Waals surface area contributed by atoms with Gasteiger partial charge in [0.2, 0.25) is 0 Å². The Balaban J connectivity index is 4.64. The van der Waals surface area contributed by atoms with Gasteiger partial charge in [0.1, 0.15) is 5.76 Å². The van der Waals surface area contributed by atoms with Crippen molar-refractivity contribution in [2.24, 2.45) is 0 Å². The highest BCUT2D eigenvalue weighted by Crippen LogP contribution is 2.25. The van der Waals surface area contributed by atoms with Gasteiger partial charge in [-0.3, -0.25) is 4.79 Å². The molecule has 0 rings (SSSR count). The van der Waals surface area contributed by atoms with E-state index in [-0.39, 0.29) is 0 Å². The van der Waals surface area contributed by atoms with E-state index in [0.717, 1.165) is 29.3 Å². The van der Waals surface area contributed by atoms with E-state index in [1.807, 2.05) is 6.92 Å². The Kier molecular flexibility index (Phi) is 8.18. The summed E-state index contributed by atoms with van der Waals surface area (Å²) in [7, 11) is 0. The van der Waals surface area contributed by atoms with Gasteiger partial charge in [-0.25, -0.2) is 0 Å². The third kappa shape index (κ3) is 4.96. The van der Waals surface area contributed by atoms with Crippen molar-refractivity contribution in [2.45, 2.75) is 33.1 Å². The topological polar surface area (TPSA) is 26.3 Å². The summed E-state index contributed by atoms with van der Waals surface area (Å²) in [4.78, 5) is 11.9. The molecule has 0 fully saturated rings. The van der Waals surface area contributed by atoms with Crippen LogP contribution in [-0.4, -0.2) is 6.47 Å². The van der Waals surface area contributed by atoms with Crippen molar-refractivity contribution in [2.75, 3.05) is 0 Å². The molecule has 0 aliphatic heterocycles. The van der Waals surface area contributed by atoms with Crippen LogP contribution in [0, 0.1) is 0 Å². The monoisotopic (exact) mass is 324 g/mol. The first-order valence-electron chi connectivity index (χ1n) is 4.43. The third-order valence-electron chi connectivity index (χ3n) is 1.77. The normalized spacial score (nSPS) is 13.6. The molecule has 0 saturated carbocycles. The van der Waals surface area contributed by atoms with E-state index in [1.165, 1.54) is 0 Å². The average Bonchev–Trinajstić information content (AvgIpc) is 2.16. The number of carbonyl (C=O) groups excluding carboxylic acids is 1. The fourth-order valence-corrected chi connectivity index (χ4v) is 1.81. The largest absolute Gasteiger partial charge is 0.428 e. The molecular weight excluding hydrogens is 312 g/mol. The van der Waals surface area contributed by atoms with Crippen molar-refractivity contribution in [1.82, 2.24) is 0 Å². The summed E-state index contributed by atoms with van der Waals surface area (Å²) < 4.78 is 5.86. The molecule has 0 amide bonds. The maximum Gasteiger partial charge on any atom is 0.298 e. The van der Waals surface area contributed by atoms with Gasteiger partial charge in [0.15, 0.2) is 0 Å². The number of allylic oxidation sites excluding steroid dienone is 2. The SMILES string of the molecule is CCCCC(/C(=C/Br)OC=O)=C(/C)Br. The highest BCUT2D eigenvalue weighted by molar-refractivity contribution is 9.11. The van der Waals surface area contributed by atoms with Gasteiger partial charge in [-0.15, -0.1) is 0 Å². The molecule has 0 unspecified atom stereocenters. The summed E-state index contributed by atoms with van der Waals surface area (Å²) >= 11 is 6.58. The van der Waals surface area contributed by atoms with Crippen LogP contribution in [0.1, 0.15) is 33.1 Å². The van der Waals surface area contributed by atoms with Gasteiger partial charge >= 0.3 is 0 Å². The van der Waals surface area contributed by atoms with Gasteiger partial charge in [-0.1, -0.05) is 45.2 Å². The zero-order chi connectivity index (χ0) is 11.0. The summed E-state index contributed by atoms with van der Waals surface area (Å²) in [5.74, 6) is 0.572. The van der Waals surface area contributed by atoms with Crippen LogP contribution in [0.4, 0.5) is 0 Å². The molecule has 0 bridgehead atoms. The van der Waals surface area contributed by atoms with Crippen LogP contribution in [-0.2, 0) is 9.53 Å². The first-order chi connectivity index (χ1) is 6.67. The fraction of sp³-hybridized carbons (Fsp3) is 0.500. The maximum atomic E-state index is 10.3. The van der Waals surface area contributed by atoms with Crippen LogP contribution < -0.4 is 0 Å². The first kappa shape index (κ1) is 13.9. The minimum Gasteiger partial charge on any atom is -0.428 e. The highest BCUT2D eigenvalue weighted by Gasteiger charge is 2.08. The predicted molar refractivity (Wildman–Crippen MR) is 65.3 cm³/mol. The molecule has 0 aliphatic rings. The molecule has 0 aromatic heterocycles. The second-order valence-electron chi connectivity index (χ2n) is 2.80. The van der Waals surface area contributed by atoms with Crippen LogP contribution in [0.15, 0.2) is 20.8 Å². The van der Waals surface area contributed by atoms with Gasteiger partial charge in [0.05, 0.1) is 0 Å². The van der Waals surface area contributed by atoms with Crippen molar-refractivity contribution in [3.8, 4) is 0 Å². The van der Waals surface area contributed by atoms with Gasteiger partial charge < -0.3 is 4.74 Å². The molecule has 0 N–H and O–H groups in total. The molecule has 0 aromatic rings. The predicted octanol–water partition coefficient (Wildman–Crippen LogP) is 4.25. The fourth-order valence-electron chi connectivity index (χ4n) is 1.03. The third-order valence-corrected chi connectivity index (χ3v) is 2.66. The lowest BCUT2D eigenvalue weighted by Crippen LogP contribution is -1.96. The summed E-state index contributed by atoms with van der Waals surface area (Å²) in [5, 5.41) is 0. The lowest BCUT2D eigenvalue weighted by molar-refractivity contribution is -0.124.